The molecule has 1 fully saturated rings. The van der Waals surface area contributed by atoms with Crippen LogP contribution in [0.25, 0.3) is 5.76 Å². The molecule has 0 radical (unpaired) electrons. The van der Waals surface area contributed by atoms with E-state index in [-0.39, 0.29) is 64.5 Å². The third kappa shape index (κ3) is 3.07. The van der Waals surface area contributed by atoms with Gasteiger partial charge in [-0.15, -0.1) is 0 Å². The Labute approximate surface area is 238 Å². The molecule has 0 saturated carbocycles. The molecule has 214 valence electrons. The summed E-state index contributed by atoms with van der Waals surface area (Å²) in [5.74, 6) is -5.69. The van der Waals surface area contributed by atoms with Gasteiger partial charge in [0.15, 0.2) is 17.3 Å². The second-order valence-corrected chi connectivity index (χ2v) is 11.5. The molecule has 2 aliphatic heterocycles. The second-order valence-electron chi connectivity index (χ2n) is 11.5. The first-order valence-electron chi connectivity index (χ1n) is 13.5. The van der Waals surface area contributed by atoms with E-state index in [1.807, 2.05) is 0 Å². The van der Waals surface area contributed by atoms with E-state index in [4.69, 9.17) is 9.47 Å². The van der Waals surface area contributed by atoms with Crippen LogP contribution in [0, 0.1) is 12.3 Å². The Kier molecular flexibility index (Phi) is 5.14. The zero-order valence-corrected chi connectivity index (χ0v) is 22.6. The lowest BCUT2D eigenvalue weighted by molar-refractivity contribution is -0.162. The number of rotatable bonds is 2. The van der Waals surface area contributed by atoms with Crippen LogP contribution in [0.3, 0.4) is 0 Å². The van der Waals surface area contributed by atoms with Crippen molar-refractivity contribution in [2.45, 2.75) is 50.2 Å². The highest BCUT2D eigenvalue weighted by molar-refractivity contribution is 6.23. The van der Waals surface area contributed by atoms with E-state index in [9.17, 15) is 39.3 Å². The van der Waals surface area contributed by atoms with Crippen molar-refractivity contribution in [2.24, 2.45) is 5.41 Å². The zero-order valence-electron chi connectivity index (χ0n) is 22.6. The molecule has 0 aromatic heterocycles. The molecule has 4 atom stereocenters. The summed E-state index contributed by atoms with van der Waals surface area (Å²) in [4.78, 5) is 66.8. The molecule has 0 unspecified atom stereocenters. The summed E-state index contributed by atoms with van der Waals surface area (Å²) in [6, 6.07) is 3.48. The van der Waals surface area contributed by atoms with E-state index in [0.717, 1.165) is 7.11 Å². The van der Waals surface area contributed by atoms with E-state index in [0.29, 0.717) is 11.1 Å². The fraction of sp³-hybridized carbons (Fsp3) is 0.323. The maximum Gasteiger partial charge on any atom is 0.352 e. The van der Waals surface area contributed by atoms with Gasteiger partial charge in [0.25, 0.3) is 0 Å². The Bertz CT molecular complexity index is 1780. The van der Waals surface area contributed by atoms with Gasteiger partial charge in [0, 0.05) is 17.5 Å². The van der Waals surface area contributed by atoms with Crippen molar-refractivity contribution < 1.29 is 48.8 Å². The maximum absolute atomic E-state index is 14.1. The topological polar surface area (TPSA) is 177 Å². The molecular weight excluding hydrogens is 546 g/mol. The van der Waals surface area contributed by atoms with Crippen LogP contribution in [-0.4, -0.2) is 63.3 Å². The van der Waals surface area contributed by atoms with Crippen molar-refractivity contribution >= 4 is 35.0 Å². The Morgan fingerprint density at radius 3 is 2.52 bits per heavy atom. The SMILES string of the molecule is COC(=O)[C@]1([C@H]2CCC(=O)N2)CC(=O)c2c(cc3c(c2O)[C@H]2C=C[C@@]4(C3)C(=O)c3cc(C)cc(O)c3C(O)=C4C2=O)O1. The number of carbonyl (C=O) groups is 5. The summed E-state index contributed by atoms with van der Waals surface area (Å²) < 4.78 is 11.2. The van der Waals surface area contributed by atoms with Crippen molar-refractivity contribution in [1.82, 2.24) is 5.32 Å². The molecule has 6 aliphatic rings. The molecule has 4 aliphatic carbocycles. The summed E-state index contributed by atoms with van der Waals surface area (Å²) in [6.07, 6.45) is 2.64. The average Bonchev–Trinajstić information content (AvgIpc) is 3.26. The third-order valence-corrected chi connectivity index (χ3v) is 9.19. The summed E-state index contributed by atoms with van der Waals surface area (Å²) in [5, 5.41) is 36.2. The zero-order chi connectivity index (χ0) is 29.9. The van der Waals surface area contributed by atoms with Gasteiger partial charge >= 0.3 is 5.97 Å². The summed E-state index contributed by atoms with van der Waals surface area (Å²) in [5.41, 5.74) is -3.10. The number of nitrogens with one attached hydrogen (secondary N) is 1. The molecule has 8 rings (SSSR count). The number of fused-ring (bicyclic) bond motifs is 2. The first-order valence-corrected chi connectivity index (χ1v) is 13.5. The van der Waals surface area contributed by atoms with Gasteiger partial charge in [-0.2, -0.15) is 0 Å². The molecule has 42 heavy (non-hydrogen) atoms. The van der Waals surface area contributed by atoms with Crippen molar-refractivity contribution in [1.29, 1.82) is 0 Å². The van der Waals surface area contributed by atoms with Crippen LogP contribution < -0.4 is 10.1 Å². The molecule has 4 N–H and O–H groups in total. The van der Waals surface area contributed by atoms with Gasteiger partial charge in [0.05, 0.1) is 42.0 Å². The Morgan fingerprint density at radius 2 is 1.83 bits per heavy atom. The third-order valence-electron chi connectivity index (χ3n) is 9.19. The van der Waals surface area contributed by atoms with E-state index in [2.05, 4.69) is 5.32 Å². The van der Waals surface area contributed by atoms with E-state index < -0.39 is 64.2 Å². The van der Waals surface area contributed by atoms with Gasteiger partial charge < -0.3 is 30.1 Å². The maximum atomic E-state index is 14.1. The molecule has 1 amide bonds. The van der Waals surface area contributed by atoms with E-state index >= 15 is 0 Å². The standard InChI is InChI=1S/C31H25NO10/c1-12-7-15-22(16(33)8-12)27(38)24-25(36)14-5-6-30(24,28(15)39)10-13-9-18-23(26(37)21(13)14)17(34)11-31(42-18,29(40)41-2)19-3-4-20(35)32-19/h5-9,14,19,33,37-38H,3-4,10-11H2,1-2H3,(H,32,35)/t14-,19-,30+,31-/m1/s1. The number of aromatic hydroxyl groups is 2. The smallest absolute Gasteiger partial charge is 0.352 e. The number of ketones is 3. The quantitative estimate of drug-likeness (QED) is 0.309. The molecule has 11 nitrogen and oxygen atoms in total. The normalized spacial score (nSPS) is 28.8. The van der Waals surface area contributed by atoms with Crippen molar-refractivity contribution in [3.8, 4) is 17.2 Å². The van der Waals surface area contributed by atoms with E-state index in [1.54, 1.807) is 6.92 Å². The summed E-state index contributed by atoms with van der Waals surface area (Å²) >= 11 is 0. The number of hydrogen-bond donors (Lipinski definition) is 4. The number of aliphatic hydroxyl groups excluding tert-OH is 1. The molecule has 2 aromatic carbocycles. The molecule has 2 heterocycles. The molecule has 2 aromatic rings. The van der Waals surface area contributed by atoms with Crippen molar-refractivity contribution in [3.05, 3.63) is 69.3 Å². The molecule has 1 saturated heterocycles. The number of aliphatic hydroxyl groups is 1. The van der Waals surface area contributed by atoms with Crippen molar-refractivity contribution in [2.75, 3.05) is 7.11 Å². The van der Waals surface area contributed by atoms with Gasteiger partial charge in [-0.05, 0) is 49.1 Å². The van der Waals surface area contributed by atoms with Crippen LogP contribution in [-0.2, 0) is 25.5 Å². The highest BCUT2D eigenvalue weighted by Gasteiger charge is 2.59. The number of carbonyl (C=O) groups excluding carboxylic acids is 5. The first-order chi connectivity index (χ1) is 19.9. The number of benzene rings is 2. The monoisotopic (exact) mass is 571 g/mol. The number of allylic oxidation sites excluding steroid dienone is 3. The predicted octanol–water partition coefficient (Wildman–Crippen LogP) is 2.49. The molecule has 1 spiro atoms. The van der Waals surface area contributed by atoms with Gasteiger partial charge in [-0.25, -0.2) is 4.79 Å². The minimum atomic E-state index is -1.89. The van der Waals surface area contributed by atoms with Gasteiger partial charge in [-0.3, -0.25) is 19.2 Å². The number of phenols is 2. The lowest BCUT2D eigenvalue weighted by Crippen LogP contribution is -2.61. The Hall–Kier alpha value is -4.93. The number of methoxy groups -OCH3 is 1. The summed E-state index contributed by atoms with van der Waals surface area (Å²) in [6.45, 7) is 1.68. The number of phenolic OH excluding ortho intramolecular Hbond substituents is 2. The number of esters is 1. The van der Waals surface area contributed by atoms with Gasteiger partial charge in [-0.1, -0.05) is 12.2 Å². The Balaban J connectivity index is 1.43. The number of amides is 1. The van der Waals surface area contributed by atoms with Crippen LogP contribution in [0.1, 0.15) is 68.2 Å². The number of aryl methyl sites for hydroxylation is 1. The molecule has 11 heteroatoms. The van der Waals surface area contributed by atoms with Crippen LogP contribution in [0.15, 0.2) is 35.9 Å². The number of ether oxygens (including phenoxy) is 2. The van der Waals surface area contributed by atoms with Crippen LogP contribution in [0.4, 0.5) is 0 Å². The minimum absolute atomic E-state index is 0.0448. The van der Waals surface area contributed by atoms with Crippen LogP contribution in [0.5, 0.6) is 17.2 Å². The fourth-order valence-corrected chi connectivity index (χ4v) is 7.34. The fourth-order valence-electron chi connectivity index (χ4n) is 7.34. The van der Waals surface area contributed by atoms with Gasteiger partial charge in [0.1, 0.15) is 28.6 Å². The number of hydrogen-bond acceptors (Lipinski definition) is 10. The predicted molar refractivity (Wildman–Crippen MR) is 143 cm³/mol. The molecular formula is C31H25NO10. The largest absolute Gasteiger partial charge is 0.507 e. The summed E-state index contributed by atoms with van der Waals surface area (Å²) in [7, 11) is 1.14. The average molecular weight is 572 g/mol. The van der Waals surface area contributed by atoms with Crippen LogP contribution >= 0.6 is 0 Å². The number of Topliss-reactive ketones (excluding diaryl/α,β-unsaturated/α-hetero) is 3. The van der Waals surface area contributed by atoms with Crippen molar-refractivity contribution in [3.63, 3.8) is 0 Å². The second kappa shape index (κ2) is 8.31. The van der Waals surface area contributed by atoms with Crippen LogP contribution in [0.2, 0.25) is 0 Å². The lowest BCUT2D eigenvalue weighted by atomic mass is 9.62. The minimum Gasteiger partial charge on any atom is -0.507 e. The molecule has 2 bridgehead atoms. The van der Waals surface area contributed by atoms with Gasteiger partial charge in [0.2, 0.25) is 11.5 Å². The Morgan fingerprint density at radius 1 is 1.07 bits per heavy atom. The highest BCUT2D eigenvalue weighted by atomic mass is 16.6. The first kappa shape index (κ1) is 26.0. The highest BCUT2D eigenvalue weighted by Crippen LogP contribution is 2.58. The lowest BCUT2D eigenvalue weighted by Gasteiger charge is -2.40. The van der Waals surface area contributed by atoms with E-state index in [1.165, 1.54) is 30.4 Å².